The summed E-state index contributed by atoms with van der Waals surface area (Å²) in [5, 5.41) is 0. The lowest BCUT2D eigenvalue weighted by molar-refractivity contribution is -0.117. The Morgan fingerprint density at radius 1 is 1.05 bits per heavy atom. The lowest BCUT2D eigenvalue weighted by atomic mass is 9.69. The van der Waals surface area contributed by atoms with E-state index in [1.807, 2.05) is 36.4 Å². The highest BCUT2D eigenvalue weighted by Gasteiger charge is 2.46. The van der Waals surface area contributed by atoms with Crippen LogP contribution < -0.4 is 0 Å². The predicted molar refractivity (Wildman–Crippen MR) is 87.0 cm³/mol. The summed E-state index contributed by atoms with van der Waals surface area (Å²) < 4.78 is 0. The Bertz CT molecular complexity index is 657. The Balaban J connectivity index is 2.01. The average molecular weight is 276 g/mol. The van der Waals surface area contributed by atoms with Crippen molar-refractivity contribution in [3.05, 3.63) is 78.4 Å². The molecular formula is C20H20O. The fraction of sp³-hybridized carbons (Fsp3) is 0.250. The van der Waals surface area contributed by atoms with E-state index in [0.29, 0.717) is 18.6 Å². The molecule has 1 heteroatoms. The van der Waals surface area contributed by atoms with Crippen molar-refractivity contribution in [2.45, 2.75) is 25.7 Å². The van der Waals surface area contributed by atoms with Gasteiger partial charge < -0.3 is 0 Å². The van der Waals surface area contributed by atoms with Gasteiger partial charge in [0, 0.05) is 24.2 Å². The second kappa shape index (κ2) is 5.33. The first kappa shape index (κ1) is 13.8. The van der Waals surface area contributed by atoms with Crippen molar-refractivity contribution in [3.8, 4) is 0 Å². The molecule has 2 aromatic rings. The molecule has 1 aliphatic rings. The third-order valence-corrected chi connectivity index (χ3v) is 4.78. The number of Topliss-reactive ketones (excluding diaryl/α,β-unsaturated/α-hetero) is 1. The molecule has 1 nitrogen and oxygen atoms in total. The van der Waals surface area contributed by atoms with Crippen molar-refractivity contribution in [2.75, 3.05) is 0 Å². The summed E-state index contributed by atoms with van der Waals surface area (Å²) in [7, 11) is 0. The van der Waals surface area contributed by atoms with Crippen LogP contribution in [0.2, 0.25) is 0 Å². The average Bonchev–Trinajstić information content (AvgIpc) is 2.84. The first-order chi connectivity index (χ1) is 10.1. The summed E-state index contributed by atoms with van der Waals surface area (Å²) in [5.74, 6) is 0.558. The van der Waals surface area contributed by atoms with Crippen molar-refractivity contribution in [3.63, 3.8) is 0 Å². The zero-order valence-electron chi connectivity index (χ0n) is 12.4. The van der Waals surface area contributed by atoms with Gasteiger partial charge in [0.25, 0.3) is 0 Å². The van der Waals surface area contributed by atoms with E-state index in [0.717, 1.165) is 11.1 Å². The molecule has 3 rings (SSSR count). The molecule has 0 spiro atoms. The van der Waals surface area contributed by atoms with E-state index < -0.39 is 0 Å². The molecule has 0 unspecified atom stereocenters. The molecule has 0 N–H and O–H groups in total. The molecular weight excluding hydrogens is 256 g/mol. The Morgan fingerprint density at radius 3 is 2.24 bits per heavy atom. The molecule has 0 heterocycles. The van der Waals surface area contributed by atoms with Crippen molar-refractivity contribution in [1.82, 2.24) is 0 Å². The van der Waals surface area contributed by atoms with E-state index >= 15 is 0 Å². The van der Waals surface area contributed by atoms with E-state index in [9.17, 15) is 4.79 Å². The number of carbonyl (C=O) groups excluding carboxylic acids is 1. The summed E-state index contributed by atoms with van der Waals surface area (Å²) in [4.78, 5) is 12.1. The van der Waals surface area contributed by atoms with Crippen LogP contribution in [0.25, 0.3) is 5.57 Å². The van der Waals surface area contributed by atoms with Gasteiger partial charge in [-0.1, -0.05) is 74.2 Å². The zero-order chi connectivity index (χ0) is 14.9. The van der Waals surface area contributed by atoms with Crippen LogP contribution in [0.15, 0.2) is 67.2 Å². The minimum Gasteiger partial charge on any atom is -0.300 e. The number of hydrogen-bond donors (Lipinski definition) is 0. The van der Waals surface area contributed by atoms with E-state index in [1.54, 1.807) is 0 Å². The Hall–Kier alpha value is -2.15. The summed E-state index contributed by atoms with van der Waals surface area (Å²) in [6.45, 7) is 6.52. The van der Waals surface area contributed by atoms with Gasteiger partial charge in [0.15, 0.2) is 0 Å². The smallest absolute Gasteiger partial charge is 0.134 e. The maximum atomic E-state index is 12.1. The summed E-state index contributed by atoms with van der Waals surface area (Å²) >= 11 is 0. The number of carbonyl (C=O) groups is 1. The molecule has 0 radical (unpaired) electrons. The third-order valence-electron chi connectivity index (χ3n) is 4.78. The Labute approximate surface area is 126 Å². The lowest BCUT2D eigenvalue weighted by Gasteiger charge is -2.33. The Kier molecular flexibility index (Phi) is 3.50. The van der Waals surface area contributed by atoms with Gasteiger partial charge in [-0.3, -0.25) is 4.79 Å². The van der Waals surface area contributed by atoms with Crippen LogP contribution in [0.4, 0.5) is 0 Å². The van der Waals surface area contributed by atoms with Gasteiger partial charge in [-0.05, 0) is 16.7 Å². The number of hydrogen-bond acceptors (Lipinski definition) is 1. The lowest BCUT2D eigenvalue weighted by Crippen LogP contribution is -2.21. The van der Waals surface area contributed by atoms with Crippen LogP contribution in [-0.2, 0) is 4.79 Å². The maximum Gasteiger partial charge on any atom is 0.134 e. The molecule has 0 bridgehead atoms. The van der Waals surface area contributed by atoms with Crippen molar-refractivity contribution in [2.24, 2.45) is 5.41 Å². The largest absolute Gasteiger partial charge is 0.300 e. The van der Waals surface area contributed by atoms with E-state index in [-0.39, 0.29) is 11.3 Å². The standard InChI is InChI=1S/C20H20O/c1-15(16-9-5-3-6-10-16)20(2)14-18(21)13-19(20)17-11-7-4-8-12-17/h3-12,19H,1,13-14H2,2H3/t19-,20-/m1/s1. The fourth-order valence-corrected chi connectivity index (χ4v) is 3.52. The third kappa shape index (κ3) is 2.44. The molecule has 0 aromatic heterocycles. The second-order valence-electron chi connectivity index (χ2n) is 6.14. The summed E-state index contributed by atoms with van der Waals surface area (Å²) in [6, 6.07) is 20.6. The van der Waals surface area contributed by atoms with Crippen LogP contribution in [0.5, 0.6) is 0 Å². The van der Waals surface area contributed by atoms with Crippen LogP contribution in [0.1, 0.15) is 36.8 Å². The van der Waals surface area contributed by atoms with Gasteiger partial charge in [-0.15, -0.1) is 0 Å². The van der Waals surface area contributed by atoms with E-state index in [2.05, 4.69) is 37.8 Å². The molecule has 2 aromatic carbocycles. The van der Waals surface area contributed by atoms with Crippen LogP contribution in [0, 0.1) is 5.41 Å². The highest BCUT2D eigenvalue weighted by Crippen LogP contribution is 2.54. The van der Waals surface area contributed by atoms with Gasteiger partial charge in [0.1, 0.15) is 5.78 Å². The molecule has 2 atom stereocenters. The molecule has 0 aliphatic heterocycles. The SMILES string of the molecule is C=C(c1ccccc1)[C@@]1(C)CC(=O)C[C@@H]1c1ccccc1. The maximum absolute atomic E-state index is 12.1. The molecule has 106 valence electrons. The fourth-order valence-electron chi connectivity index (χ4n) is 3.52. The van der Waals surface area contributed by atoms with Crippen LogP contribution in [0.3, 0.4) is 0 Å². The highest BCUT2D eigenvalue weighted by atomic mass is 16.1. The molecule has 1 aliphatic carbocycles. The number of allylic oxidation sites excluding steroid dienone is 1. The molecule has 1 fully saturated rings. The molecule has 1 saturated carbocycles. The van der Waals surface area contributed by atoms with Crippen molar-refractivity contribution < 1.29 is 4.79 Å². The summed E-state index contributed by atoms with van der Waals surface area (Å²) in [5.41, 5.74) is 3.25. The second-order valence-corrected chi connectivity index (χ2v) is 6.14. The zero-order valence-corrected chi connectivity index (χ0v) is 12.4. The van der Waals surface area contributed by atoms with Crippen molar-refractivity contribution >= 4 is 11.4 Å². The van der Waals surface area contributed by atoms with Gasteiger partial charge in [0.2, 0.25) is 0 Å². The van der Waals surface area contributed by atoms with Crippen LogP contribution >= 0.6 is 0 Å². The van der Waals surface area contributed by atoms with E-state index in [1.165, 1.54) is 5.56 Å². The van der Waals surface area contributed by atoms with Gasteiger partial charge in [-0.25, -0.2) is 0 Å². The van der Waals surface area contributed by atoms with Gasteiger partial charge >= 0.3 is 0 Å². The van der Waals surface area contributed by atoms with Crippen molar-refractivity contribution in [1.29, 1.82) is 0 Å². The minimum atomic E-state index is -0.195. The number of ketones is 1. The predicted octanol–water partition coefficient (Wildman–Crippen LogP) is 4.85. The minimum absolute atomic E-state index is 0.195. The number of benzene rings is 2. The molecule has 0 amide bonds. The molecule has 0 saturated heterocycles. The first-order valence-electron chi connectivity index (χ1n) is 7.43. The number of rotatable bonds is 3. The topological polar surface area (TPSA) is 17.1 Å². The normalized spacial score (nSPS) is 25.0. The quantitative estimate of drug-likeness (QED) is 0.783. The highest BCUT2D eigenvalue weighted by molar-refractivity contribution is 5.88. The van der Waals surface area contributed by atoms with Gasteiger partial charge in [0.05, 0.1) is 0 Å². The molecule has 21 heavy (non-hydrogen) atoms. The monoisotopic (exact) mass is 276 g/mol. The van der Waals surface area contributed by atoms with Gasteiger partial charge in [-0.2, -0.15) is 0 Å². The first-order valence-corrected chi connectivity index (χ1v) is 7.43. The van der Waals surface area contributed by atoms with Crippen LogP contribution in [-0.4, -0.2) is 5.78 Å². The Morgan fingerprint density at radius 2 is 1.62 bits per heavy atom. The summed E-state index contributed by atoms with van der Waals surface area (Å²) in [6.07, 6.45) is 1.20. The van der Waals surface area contributed by atoms with E-state index in [4.69, 9.17) is 0 Å².